The summed E-state index contributed by atoms with van der Waals surface area (Å²) in [6, 6.07) is 7.51. The lowest BCUT2D eigenvalue weighted by Gasteiger charge is -2.29. The summed E-state index contributed by atoms with van der Waals surface area (Å²) in [6.07, 6.45) is 2.96. The molecule has 0 aliphatic carbocycles. The first kappa shape index (κ1) is 13.0. The third kappa shape index (κ3) is 2.63. The van der Waals surface area contributed by atoms with Crippen molar-refractivity contribution < 1.29 is 4.79 Å². The van der Waals surface area contributed by atoms with Crippen LogP contribution in [-0.2, 0) is 11.3 Å². The highest BCUT2D eigenvalue weighted by Crippen LogP contribution is 2.16. The molecule has 1 aromatic heterocycles. The Labute approximate surface area is 116 Å². The standard InChI is InChI=1S/C15H17N3O2/c19-10-11-4-3-7-18(8-11)9-14-15(20)17-13-6-2-1-5-12(13)16-14/h1-2,5-6,10-11H,3-4,7-9H2,(H,17,20). The molecular formula is C15H17N3O2. The lowest BCUT2D eigenvalue weighted by molar-refractivity contribution is -0.112. The molecule has 1 unspecified atom stereocenters. The molecular weight excluding hydrogens is 254 g/mol. The average Bonchev–Trinajstić information content (AvgIpc) is 2.48. The second-order valence-corrected chi connectivity index (χ2v) is 5.30. The van der Waals surface area contributed by atoms with Crippen molar-refractivity contribution in [1.29, 1.82) is 0 Å². The van der Waals surface area contributed by atoms with Crippen molar-refractivity contribution >= 4 is 17.3 Å². The van der Waals surface area contributed by atoms with Crippen molar-refractivity contribution in [3.05, 3.63) is 40.3 Å². The molecule has 0 radical (unpaired) electrons. The van der Waals surface area contributed by atoms with Crippen LogP contribution in [0.25, 0.3) is 11.0 Å². The molecule has 1 saturated heterocycles. The van der Waals surface area contributed by atoms with Crippen LogP contribution < -0.4 is 5.56 Å². The Morgan fingerprint density at radius 3 is 3.10 bits per heavy atom. The van der Waals surface area contributed by atoms with Crippen molar-refractivity contribution in [2.45, 2.75) is 19.4 Å². The number of aldehydes is 1. The van der Waals surface area contributed by atoms with E-state index in [9.17, 15) is 9.59 Å². The van der Waals surface area contributed by atoms with Gasteiger partial charge in [0.2, 0.25) is 0 Å². The molecule has 3 rings (SSSR count). The maximum atomic E-state index is 12.0. The monoisotopic (exact) mass is 271 g/mol. The van der Waals surface area contributed by atoms with Gasteiger partial charge in [0.15, 0.2) is 0 Å². The number of hydrogen-bond acceptors (Lipinski definition) is 4. The van der Waals surface area contributed by atoms with E-state index >= 15 is 0 Å². The van der Waals surface area contributed by atoms with Gasteiger partial charge in [0.25, 0.3) is 5.56 Å². The molecule has 1 N–H and O–H groups in total. The first-order valence-corrected chi connectivity index (χ1v) is 6.92. The van der Waals surface area contributed by atoms with Gasteiger partial charge < -0.3 is 9.78 Å². The van der Waals surface area contributed by atoms with Crippen LogP contribution in [0.15, 0.2) is 29.1 Å². The van der Waals surface area contributed by atoms with Crippen molar-refractivity contribution in [1.82, 2.24) is 14.9 Å². The average molecular weight is 271 g/mol. The van der Waals surface area contributed by atoms with Crippen LogP contribution in [0.1, 0.15) is 18.5 Å². The van der Waals surface area contributed by atoms with E-state index < -0.39 is 0 Å². The fourth-order valence-electron chi connectivity index (χ4n) is 2.73. The Balaban J connectivity index is 1.85. The molecule has 1 atom stereocenters. The number of aromatic nitrogens is 2. The van der Waals surface area contributed by atoms with Gasteiger partial charge in [-0.15, -0.1) is 0 Å². The first-order chi connectivity index (χ1) is 9.76. The Kier molecular flexibility index (Phi) is 3.60. The number of benzene rings is 1. The van der Waals surface area contributed by atoms with Crippen LogP contribution in [0.2, 0.25) is 0 Å². The number of carbonyl (C=O) groups excluding carboxylic acids is 1. The number of likely N-dealkylation sites (tertiary alicyclic amines) is 1. The molecule has 1 aliphatic rings. The maximum absolute atomic E-state index is 12.0. The number of H-pyrrole nitrogens is 1. The molecule has 1 aromatic carbocycles. The number of hydrogen-bond donors (Lipinski definition) is 1. The maximum Gasteiger partial charge on any atom is 0.271 e. The molecule has 2 heterocycles. The highest BCUT2D eigenvalue weighted by molar-refractivity contribution is 5.73. The number of nitrogens with one attached hydrogen (secondary N) is 1. The molecule has 0 spiro atoms. The van der Waals surface area contributed by atoms with Crippen molar-refractivity contribution in [2.24, 2.45) is 5.92 Å². The van der Waals surface area contributed by atoms with Gasteiger partial charge in [0, 0.05) is 19.0 Å². The van der Waals surface area contributed by atoms with E-state index in [1.54, 1.807) is 0 Å². The summed E-state index contributed by atoms with van der Waals surface area (Å²) in [5.74, 6) is 0.0864. The number of nitrogens with zero attached hydrogens (tertiary/aromatic N) is 2. The molecule has 5 nitrogen and oxygen atoms in total. The minimum atomic E-state index is -0.142. The molecule has 20 heavy (non-hydrogen) atoms. The normalized spacial score (nSPS) is 20.1. The zero-order valence-corrected chi connectivity index (χ0v) is 11.2. The fraction of sp³-hybridized carbons (Fsp3) is 0.400. The van der Waals surface area contributed by atoms with Gasteiger partial charge in [-0.2, -0.15) is 0 Å². The Hall–Kier alpha value is -2.01. The summed E-state index contributed by atoms with van der Waals surface area (Å²) in [7, 11) is 0. The molecule has 0 amide bonds. The number of para-hydroxylation sites is 2. The van der Waals surface area contributed by atoms with Crippen molar-refractivity contribution in [3.63, 3.8) is 0 Å². The smallest absolute Gasteiger partial charge is 0.271 e. The molecule has 0 saturated carbocycles. The van der Waals surface area contributed by atoms with E-state index in [0.717, 1.165) is 43.3 Å². The molecule has 0 bridgehead atoms. The van der Waals surface area contributed by atoms with Crippen molar-refractivity contribution in [2.75, 3.05) is 13.1 Å². The van der Waals surface area contributed by atoms with E-state index in [2.05, 4.69) is 14.9 Å². The predicted octanol–water partition coefficient (Wildman–Crippen LogP) is 1.33. The molecule has 1 aliphatic heterocycles. The minimum absolute atomic E-state index is 0.0864. The van der Waals surface area contributed by atoms with Gasteiger partial charge in [-0.25, -0.2) is 4.98 Å². The SMILES string of the molecule is O=CC1CCCN(Cc2nc3ccccc3[nH]c2=O)C1. The molecule has 1 fully saturated rings. The summed E-state index contributed by atoms with van der Waals surface area (Å²) in [6.45, 7) is 2.14. The van der Waals surface area contributed by atoms with Gasteiger partial charge in [0.05, 0.1) is 11.0 Å². The van der Waals surface area contributed by atoms with E-state index in [1.807, 2.05) is 24.3 Å². The van der Waals surface area contributed by atoms with Crippen LogP contribution >= 0.6 is 0 Å². The molecule has 2 aromatic rings. The topological polar surface area (TPSA) is 66.1 Å². The van der Waals surface area contributed by atoms with Crippen LogP contribution in [0.4, 0.5) is 0 Å². The number of aromatic amines is 1. The number of rotatable bonds is 3. The zero-order chi connectivity index (χ0) is 13.9. The third-order valence-electron chi connectivity index (χ3n) is 3.78. The second-order valence-electron chi connectivity index (χ2n) is 5.30. The van der Waals surface area contributed by atoms with Gasteiger partial charge in [-0.3, -0.25) is 9.69 Å². The lowest BCUT2D eigenvalue weighted by Crippen LogP contribution is -2.37. The molecule has 104 valence electrons. The van der Waals surface area contributed by atoms with Crippen LogP contribution in [-0.4, -0.2) is 34.2 Å². The second kappa shape index (κ2) is 5.54. The van der Waals surface area contributed by atoms with E-state index in [-0.39, 0.29) is 11.5 Å². The minimum Gasteiger partial charge on any atom is -0.319 e. The highest BCUT2D eigenvalue weighted by Gasteiger charge is 2.20. The third-order valence-corrected chi connectivity index (χ3v) is 3.78. The number of piperidine rings is 1. The van der Waals surface area contributed by atoms with E-state index in [0.29, 0.717) is 12.2 Å². The summed E-state index contributed by atoms with van der Waals surface area (Å²) >= 11 is 0. The lowest BCUT2D eigenvalue weighted by atomic mass is 10.00. The van der Waals surface area contributed by atoms with E-state index in [4.69, 9.17) is 0 Å². The largest absolute Gasteiger partial charge is 0.319 e. The Bertz CT molecular complexity index is 680. The number of carbonyl (C=O) groups is 1. The summed E-state index contributed by atoms with van der Waals surface area (Å²) in [4.78, 5) is 32.4. The number of fused-ring (bicyclic) bond motifs is 1. The molecule has 5 heteroatoms. The predicted molar refractivity (Wildman–Crippen MR) is 76.4 cm³/mol. The quantitative estimate of drug-likeness (QED) is 0.855. The van der Waals surface area contributed by atoms with Gasteiger partial charge in [0.1, 0.15) is 12.0 Å². The Morgan fingerprint density at radius 1 is 1.40 bits per heavy atom. The zero-order valence-electron chi connectivity index (χ0n) is 11.2. The van der Waals surface area contributed by atoms with Crippen LogP contribution in [0.5, 0.6) is 0 Å². The van der Waals surface area contributed by atoms with Gasteiger partial charge >= 0.3 is 0 Å². The van der Waals surface area contributed by atoms with Crippen LogP contribution in [0.3, 0.4) is 0 Å². The van der Waals surface area contributed by atoms with Crippen LogP contribution in [0, 0.1) is 5.92 Å². The first-order valence-electron chi connectivity index (χ1n) is 6.92. The summed E-state index contributed by atoms with van der Waals surface area (Å²) in [5, 5.41) is 0. The summed E-state index contributed by atoms with van der Waals surface area (Å²) < 4.78 is 0. The van der Waals surface area contributed by atoms with Gasteiger partial charge in [-0.1, -0.05) is 12.1 Å². The highest BCUT2D eigenvalue weighted by atomic mass is 16.1. The van der Waals surface area contributed by atoms with E-state index in [1.165, 1.54) is 0 Å². The van der Waals surface area contributed by atoms with Gasteiger partial charge in [-0.05, 0) is 31.5 Å². The fourth-order valence-corrected chi connectivity index (χ4v) is 2.73. The Morgan fingerprint density at radius 2 is 2.25 bits per heavy atom. The van der Waals surface area contributed by atoms with Crippen molar-refractivity contribution in [3.8, 4) is 0 Å². The summed E-state index contributed by atoms with van der Waals surface area (Å²) in [5.41, 5.74) is 1.93.